The molecule has 1 N–H and O–H groups in total. The van der Waals surface area contributed by atoms with Gasteiger partial charge in [-0.2, -0.15) is 17.0 Å². The largest absolute Gasteiger partial charge is 0.480 e. The van der Waals surface area contributed by atoms with E-state index in [1.807, 2.05) is 6.92 Å². The highest BCUT2D eigenvalue weighted by atomic mass is 32.2. The Morgan fingerprint density at radius 1 is 1.11 bits per heavy atom. The van der Waals surface area contributed by atoms with E-state index in [0.29, 0.717) is 19.5 Å². The number of carboxylic acids is 1. The Balaban J connectivity index is 2.24. The average molecular weight is 276 g/mol. The number of carboxylic acid groups (broad SMARTS) is 1. The van der Waals surface area contributed by atoms with Crippen LogP contribution in [0.2, 0.25) is 0 Å². The quantitative estimate of drug-likeness (QED) is 0.821. The van der Waals surface area contributed by atoms with Crippen LogP contribution in [0, 0.1) is 0 Å². The van der Waals surface area contributed by atoms with Gasteiger partial charge in [-0.05, 0) is 39.0 Å². The highest BCUT2D eigenvalue weighted by Gasteiger charge is 2.42. The first-order valence-corrected chi connectivity index (χ1v) is 7.85. The molecule has 18 heavy (non-hydrogen) atoms. The third-order valence-corrected chi connectivity index (χ3v) is 5.99. The zero-order chi connectivity index (χ0) is 13.3. The average Bonchev–Trinajstić information content (AvgIpc) is 2.76. The molecule has 0 saturated carbocycles. The van der Waals surface area contributed by atoms with Gasteiger partial charge in [-0.15, -0.1) is 0 Å². The van der Waals surface area contributed by atoms with Crippen molar-refractivity contribution in [1.29, 1.82) is 0 Å². The van der Waals surface area contributed by atoms with Crippen LogP contribution in [-0.4, -0.2) is 53.3 Å². The molecule has 2 rings (SSSR count). The molecule has 2 aliphatic heterocycles. The number of carbonyl (C=O) groups is 1. The molecule has 0 aromatic heterocycles. The maximum Gasteiger partial charge on any atom is 0.322 e. The van der Waals surface area contributed by atoms with E-state index in [-0.39, 0.29) is 6.04 Å². The van der Waals surface area contributed by atoms with Crippen molar-refractivity contribution in [2.24, 2.45) is 0 Å². The SMILES string of the molecule is CC1CCCN1S(=O)(=O)N1CCCCC1C(=O)O. The molecule has 0 spiro atoms. The number of piperidine rings is 1. The lowest BCUT2D eigenvalue weighted by atomic mass is 10.1. The molecule has 2 atom stereocenters. The van der Waals surface area contributed by atoms with E-state index < -0.39 is 22.2 Å². The maximum atomic E-state index is 12.5. The number of nitrogens with zero attached hydrogens (tertiary/aromatic N) is 2. The number of aliphatic carboxylic acids is 1. The molecule has 6 nitrogen and oxygen atoms in total. The molecule has 0 aliphatic carbocycles. The summed E-state index contributed by atoms with van der Waals surface area (Å²) in [7, 11) is -3.62. The Kier molecular flexibility index (Phi) is 3.93. The van der Waals surface area contributed by atoms with Gasteiger partial charge in [0.15, 0.2) is 0 Å². The van der Waals surface area contributed by atoms with Crippen molar-refractivity contribution in [1.82, 2.24) is 8.61 Å². The van der Waals surface area contributed by atoms with Gasteiger partial charge in [-0.1, -0.05) is 0 Å². The molecule has 2 unspecified atom stereocenters. The van der Waals surface area contributed by atoms with Crippen LogP contribution in [0.25, 0.3) is 0 Å². The predicted molar refractivity (Wildman–Crippen MR) is 66.3 cm³/mol. The van der Waals surface area contributed by atoms with Gasteiger partial charge >= 0.3 is 5.97 Å². The lowest BCUT2D eigenvalue weighted by molar-refractivity contribution is -0.142. The summed E-state index contributed by atoms with van der Waals surface area (Å²) in [6.07, 6.45) is 3.64. The van der Waals surface area contributed by atoms with Gasteiger partial charge in [0.1, 0.15) is 6.04 Å². The first-order valence-electron chi connectivity index (χ1n) is 6.46. The molecular formula is C11H20N2O4S. The molecule has 0 bridgehead atoms. The fraction of sp³-hybridized carbons (Fsp3) is 0.909. The second-order valence-electron chi connectivity index (χ2n) is 5.07. The topological polar surface area (TPSA) is 77.9 Å². The minimum atomic E-state index is -3.62. The summed E-state index contributed by atoms with van der Waals surface area (Å²) in [6, 6.07) is -0.914. The van der Waals surface area contributed by atoms with Crippen LogP contribution >= 0.6 is 0 Å². The van der Waals surface area contributed by atoms with Crippen LogP contribution in [0.1, 0.15) is 39.0 Å². The summed E-state index contributed by atoms with van der Waals surface area (Å²) >= 11 is 0. The van der Waals surface area contributed by atoms with Crippen molar-refractivity contribution < 1.29 is 18.3 Å². The minimum Gasteiger partial charge on any atom is -0.480 e. The first kappa shape index (κ1) is 13.8. The number of hydrogen-bond donors (Lipinski definition) is 1. The van der Waals surface area contributed by atoms with Crippen molar-refractivity contribution in [2.75, 3.05) is 13.1 Å². The maximum absolute atomic E-state index is 12.5. The van der Waals surface area contributed by atoms with Gasteiger partial charge in [0.2, 0.25) is 0 Å². The third-order valence-electron chi connectivity index (χ3n) is 3.82. The lowest BCUT2D eigenvalue weighted by Crippen LogP contribution is -2.54. The highest BCUT2D eigenvalue weighted by molar-refractivity contribution is 7.86. The Morgan fingerprint density at radius 3 is 2.33 bits per heavy atom. The summed E-state index contributed by atoms with van der Waals surface area (Å²) in [6.45, 7) is 2.71. The molecule has 2 saturated heterocycles. The summed E-state index contributed by atoms with van der Waals surface area (Å²) in [4.78, 5) is 11.2. The van der Waals surface area contributed by atoms with Gasteiger partial charge in [-0.25, -0.2) is 0 Å². The zero-order valence-corrected chi connectivity index (χ0v) is 11.4. The monoisotopic (exact) mass is 276 g/mol. The molecule has 2 fully saturated rings. The van der Waals surface area contributed by atoms with Crippen LogP contribution in [0.3, 0.4) is 0 Å². The molecule has 104 valence electrons. The van der Waals surface area contributed by atoms with Crippen LogP contribution in [0.4, 0.5) is 0 Å². The second-order valence-corrected chi connectivity index (χ2v) is 6.90. The van der Waals surface area contributed by atoms with Crippen molar-refractivity contribution in [3.63, 3.8) is 0 Å². The molecule has 7 heteroatoms. The summed E-state index contributed by atoms with van der Waals surface area (Å²) in [5.74, 6) is -1.04. The Hall–Kier alpha value is -0.660. The standard InChI is InChI=1S/C11H20N2O4S/c1-9-5-4-8-12(9)18(16,17)13-7-3-2-6-10(13)11(14)15/h9-10H,2-8H2,1H3,(H,14,15). The summed E-state index contributed by atoms with van der Waals surface area (Å²) < 4.78 is 27.6. The van der Waals surface area contributed by atoms with E-state index in [1.165, 1.54) is 8.61 Å². The smallest absolute Gasteiger partial charge is 0.322 e. The van der Waals surface area contributed by atoms with Gasteiger partial charge in [0, 0.05) is 19.1 Å². The van der Waals surface area contributed by atoms with Crippen LogP contribution in [-0.2, 0) is 15.0 Å². The van der Waals surface area contributed by atoms with Gasteiger partial charge < -0.3 is 5.11 Å². The van der Waals surface area contributed by atoms with E-state index in [1.54, 1.807) is 0 Å². The van der Waals surface area contributed by atoms with E-state index in [2.05, 4.69) is 0 Å². The van der Waals surface area contributed by atoms with Crippen molar-refractivity contribution in [2.45, 2.75) is 51.1 Å². The summed E-state index contributed by atoms with van der Waals surface area (Å²) in [5.41, 5.74) is 0. The fourth-order valence-corrected chi connectivity index (χ4v) is 4.88. The lowest BCUT2D eigenvalue weighted by Gasteiger charge is -2.35. The van der Waals surface area contributed by atoms with E-state index >= 15 is 0 Å². The first-order chi connectivity index (χ1) is 8.44. The third kappa shape index (κ3) is 2.39. The summed E-state index contributed by atoms with van der Waals surface area (Å²) in [5, 5.41) is 9.16. The van der Waals surface area contributed by atoms with E-state index in [9.17, 15) is 13.2 Å². The normalized spacial score (nSPS) is 31.6. The molecule has 0 aromatic rings. The highest BCUT2D eigenvalue weighted by Crippen LogP contribution is 2.28. The van der Waals surface area contributed by atoms with E-state index in [4.69, 9.17) is 5.11 Å². The fourth-order valence-electron chi connectivity index (χ4n) is 2.81. The minimum absolute atomic E-state index is 0.0219. The van der Waals surface area contributed by atoms with Crippen molar-refractivity contribution in [3.05, 3.63) is 0 Å². The van der Waals surface area contributed by atoms with Gasteiger partial charge in [-0.3, -0.25) is 4.79 Å². The molecular weight excluding hydrogens is 256 g/mol. The van der Waals surface area contributed by atoms with Crippen molar-refractivity contribution >= 4 is 16.2 Å². The van der Waals surface area contributed by atoms with Crippen LogP contribution in [0.15, 0.2) is 0 Å². The van der Waals surface area contributed by atoms with Crippen LogP contribution < -0.4 is 0 Å². The van der Waals surface area contributed by atoms with Crippen LogP contribution in [0.5, 0.6) is 0 Å². The molecule has 0 aromatic carbocycles. The Bertz CT molecular complexity index is 423. The van der Waals surface area contributed by atoms with Crippen molar-refractivity contribution in [3.8, 4) is 0 Å². The number of rotatable bonds is 3. The Labute approximate surface area is 108 Å². The Morgan fingerprint density at radius 2 is 1.78 bits per heavy atom. The van der Waals surface area contributed by atoms with E-state index in [0.717, 1.165) is 25.7 Å². The zero-order valence-electron chi connectivity index (χ0n) is 10.6. The number of hydrogen-bond acceptors (Lipinski definition) is 3. The predicted octanol–water partition coefficient (Wildman–Crippen LogP) is 0.655. The molecule has 2 heterocycles. The molecule has 2 aliphatic rings. The molecule has 0 amide bonds. The molecule has 0 radical (unpaired) electrons. The van der Waals surface area contributed by atoms with Gasteiger partial charge in [0.05, 0.1) is 0 Å². The van der Waals surface area contributed by atoms with Gasteiger partial charge in [0.25, 0.3) is 10.2 Å². The second kappa shape index (κ2) is 5.14.